The van der Waals surface area contributed by atoms with E-state index in [-0.39, 0.29) is 22.9 Å². The molecule has 40 heavy (non-hydrogen) atoms. The number of aryl methyl sites for hydroxylation is 1. The van der Waals surface area contributed by atoms with Gasteiger partial charge >= 0.3 is 5.97 Å². The van der Waals surface area contributed by atoms with Gasteiger partial charge in [0, 0.05) is 24.0 Å². The van der Waals surface area contributed by atoms with Gasteiger partial charge in [0.25, 0.3) is 5.92 Å². The zero-order valence-corrected chi connectivity index (χ0v) is 22.3. The minimum absolute atomic E-state index is 0.180. The Morgan fingerprint density at radius 3 is 2.15 bits per heavy atom. The van der Waals surface area contributed by atoms with Crippen LogP contribution in [-0.2, 0) is 21.4 Å². The number of esters is 1. The number of carbonyl (C=O) groups is 1. The minimum atomic E-state index is -3.26. The number of alkyl halides is 2. The van der Waals surface area contributed by atoms with Crippen LogP contribution in [0.15, 0.2) is 77.3 Å². The van der Waals surface area contributed by atoms with E-state index in [9.17, 15) is 14.3 Å². The Morgan fingerprint density at radius 2 is 1.57 bits per heavy atom. The van der Waals surface area contributed by atoms with Crippen molar-refractivity contribution in [2.75, 3.05) is 6.61 Å². The molecule has 1 fully saturated rings. The highest BCUT2D eigenvalue weighted by molar-refractivity contribution is 5.87. The zero-order chi connectivity index (χ0) is 28.5. The first-order valence-corrected chi connectivity index (χ1v) is 13.3. The SMILES string of the molecule is CCOC(=O)C1(c2ccc(-c3ccc(-c4onc(C)c4CC(F)(F)CC(O)c4ccc(F)cc4)cc3)cc2)CC1. The van der Waals surface area contributed by atoms with E-state index in [4.69, 9.17) is 9.26 Å². The average Bonchev–Trinajstić information content (AvgIpc) is 3.68. The van der Waals surface area contributed by atoms with Gasteiger partial charge in [0.1, 0.15) is 5.82 Å². The summed E-state index contributed by atoms with van der Waals surface area (Å²) in [5.74, 6) is -3.69. The van der Waals surface area contributed by atoms with Crippen molar-refractivity contribution in [3.05, 3.63) is 101 Å². The minimum Gasteiger partial charge on any atom is -0.465 e. The van der Waals surface area contributed by atoms with Gasteiger partial charge in [-0.25, -0.2) is 13.2 Å². The zero-order valence-electron chi connectivity index (χ0n) is 22.3. The second kappa shape index (κ2) is 10.9. The third kappa shape index (κ3) is 5.68. The van der Waals surface area contributed by atoms with Crippen molar-refractivity contribution < 1.29 is 32.3 Å². The van der Waals surface area contributed by atoms with Gasteiger partial charge in [0.15, 0.2) is 5.76 Å². The van der Waals surface area contributed by atoms with Gasteiger partial charge < -0.3 is 14.4 Å². The molecular formula is C32H30F3NO4. The van der Waals surface area contributed by atoms with Gasteiger partial charge in [-0.1, -0.05) is 65.8 Å². The molecule has 5 rings (SSSR count). The van der Waals surface area contributed by atoms with Crippen molar-refractivity contribution in [3.8, 4) is 22.5 Å². The number of aliphatic hydroxyl groups excluding tert-OH is 1. The van der Waals surface area contributed by atoms with Crippen molar-refractivity contribution in [2.24, 2.45) is 0 Å². The van der Waals surface area contributed by atoms with Crippen LogP contribution in [0.4, 0.5) is 13.2 Å². The summed E-state index contributed by atoms with van der Waals surface area (Å²) < 4.78 is 54.0. The van der Waals surface area contributed by atoms with Crippen LogP contribution in [0.1, 0.15) is 54.7 Å². The molecule has 1 aromatic heterocycles. The van der Waals surface area contributed by atoms with Crippen LogP contribution >= 0.6 is 0 Å². The van der Waals surface area contributed by atoms with Crippen molar-refractivity contribution >= 4 is 5.97 Å². The summed E-state index contributed by atoms with van der Waals surface area (Å²) in [5, 5.41) is 14.2. The Bertz CT molecular complexity index is 1470. The lowest BCUT2D eigenvalue weighted by atomic mass is 9.93. The molecule has 1 atom stereocenters. The lowest BCUT2D eigenvalue weighted by Gasteiger charge is -2.20. The van der Waals surface area contributed by atoms with Crippen LogP contribution in [0.25, 0.3) is 22.5 Å². The van der Waals surface area contributed by atoms with E-state index in [1.165, 1.54) is 12.1 Å². The molecular weight excluding hydrogens is 519 g/mol. The number of aliphatic hydroxyl groups is 1. The van der Waals surface area contributed by atoms with Crippen molar-refractivity contribution in [2.45, 2.75) is 57.0 Å². The average molecular weight is 550 g/mol. The summed E-state index contributed by atoms with van der Waals surface area (Å²) >= 11 is 0. The first-order chi connectivity index (χ1) is 19.1. The highest BCUT2D eigenvalue weighted by Crippen LogP contribution is 2.49. The Hall–Kier alpha value is -3.91. The number of ether oxygens (including phenoxy) is 1. The predicted molar refractivity (Wildman–Crippen MR) is 144 cm³/mol. The summed E-state index contributed by atoms with van der Waals surface area (Å²) in [6.07, 6.45) is -1.38. The molecule has 1 heterocycles. The second-order valence-electron chi connectivity index (χ2n) is 10.3. The molecule has 1 unspecified atom stereocenters. The van der Waals surface area contributed by atoms with Crippen molar-refractivity contribution in [3.63, 3.8) is 0 Å². The molecule has 3 aromatic carbocycles. The van der Waals surface area contributed by atoms with Gasteiger partial charge in [-0.2, -0.15) is 0 Å². The third-order valence-corrected chi connectivity index (χ3v) is 7.50. The van der Waals surface area contributed by atoms with Crippen LogP contribution in [0.3, 0.4) is 0 Å². The van der Waals surface area contributed by atoms with E-state index >= 15 is 8.78 Å². The van der Waals surface area contributed by atoms with E-state index in [2.05, 4.69) is 5.16 Å². The van der Waals surface area contributed by atoms with E-state index in [1.807, 2.05) is 36.4 Å². The number of aromatic nitrogens is 1. The molecule has 0 aliphatic heterocycles. The van der Waals surface area contributed by atoms with Crippen molar-refractivity contribution in [1.29, 1.82) is 0 Å². The highest BCUT2D eigenvalue weighted by atomic mass is 19.3. The Morgan fingerprint density at radius 1 is 1.00 bits per heavy atom. The Kier molecular flexibility index (Phi) is 7.55. The first-order valence-electron chi connectivity index (χ1n) is 13.3. The molecule has 0 amide bonds. The number of carbonyl (C=O) groups excluding carboxylic acids is 1. The van der Waals surface area contributed by atoms with Crippen LogP contribution in [0.5, 0.6) is 0 Å². The fraction of sp³-hybridized carbons (Fsp3) is 0.312. The molecule has 0 bridgehead atoms. The maximum absolute atomic E-state index is 15.0. The van der Waals surface area contributed by atoms with Crippen LogP contribution in [0, 0.1) is 12.7 Å². The molecule has 1 N–H and O–H groups in total. The van der Waals surface area contributed by atoms with E-state index in [0.29, 0.717) is 17.9 Å². The predicted octanol–water partition coefficient (Wildman–Crippen LogP) is 7.35. The molecule has 4 aromatic rings. The lowest BCUT2D eigenvalue weighted by Crippen LogP contribution is -2.23. The van der Waals surface area contributed by atoms with Gasteiger partial charge in [-0.3, -0.25) is 4.79 Å². The first kappa shape index (κ1) is 27.6. The summed E-state index contributed by atoms with van der Waals surface area (Å²) in [6.45, 7) is 3.76. The molecule has 1 aliphatic carbocycles. The normalized spacial score (nSPS) is 15.1. The third-order valence-electron chi connectivity index (χ3n) is 7.50. The molecule has 1 saturated carbocycles. The maximum Gasteiger partial charge on any atom is 0.316 e. The van der Waals surface area contributed by atoms with Gasteiger partial charge in [0.2, 0.25) is 0 Å². The summed E-state index contributed by atoms with van der Waals surface area (Å²) in [6, 6.07) is 20.0. The number of hydrogen-bond acceptors (Lipinski definition) is 5. The number of halogens is 3. The second-order valence-corrected chi connectivity index (χ2v) is 10.3. The summed E-state index contributed by atoms with van der Waals surface area (Å²) in [5.41, 5.74) is 3.72. The van der Waals surface area contributed by atoms with Crippen LogP contribution < -0.4 is 0 Å². The molecule has 1 aliphatic rings. The fourth-order valence-corrected chi connectivity index (χ4v) is 5.04. The molecule has 8 heteroatoms. The van der Waals surface area contributed by atoms with Gasteiger partial charge in [-0.05, 0) is 61.1 Å². The van der Waals surface area contributed by atoms with Crippen molar-refractivity contribution in [1.82, 2.24) is 5.16 Å². The fourth-order valence-electron chi connectivity index (χ4n) is 5.04. The molecule has 0 radical (unpaired) electrons. The Labute approximate surface area is 230 Å². The van der Waals surface area contributed by atoms with Crippen LogP contribution in [-0.4, -0.2) is 28.8 Å². The van der Waals surface area contributed by atoms with Crippen LogP contribution in [0.2, 0.25) is 0 Å². The van der Waals surface area contributed by atoms with E-state index in [1.54, 1.807) is 26.0 Å². The molecule has 208 valence electrons. The summed E-state index contributed by atoms with van der Waals surface area (Å²) in [7, 11) is 0. The highest BCUT2D eigenvalue weighted by Gasteiger charge is 2.52. The summed E-state index contributed by atoms with van der Waals surface area (Å²) in [4.78, 5) is 12.4. The number of nitrogens with zero attached hydrogens (tertiary/aromatic N) is 1. The smallest absolute Gasteiger partial charge is 0.316 e. The number of rotatable bonds is 10. The van der Waals surface area contributed by atoms with Gasteiger partial charge in [0.05, 0.1) is 23.8 Å². The largest absolute Gasteiger partial charge is 0.465 e. The topological polar surface area (TPSA) is 72.6 Å². The quantitative estimate of drug-likeness (QED) is 0.209. The Balaban J connectivity index is 1.30. The maximum atomic E-state index is 15.0. The molecule has 0 saturated heterocycles. The number of benzene rings is 3. The molecule has 0 spiro atoms. The molecule has 5 nitrogen and oxygen atoms in total. The van der Waals surface area contributed by atoms with Gasteiger partial charge in [-0.15, -0.1) is 0 Å². The van der Waals surface area contributed by atoms with E-state index < -0.39 is 36.1 Å². The monoisotopic (exact) mass is 549 g/mol. The lowest BCUT2D eigenvalue weighted by molar-refractivity contribution is -0.146. The standard InChI is InChI=1S/C32H30F3NO4/c1-3-39-30(38)31(16-17-31)25-12-8-22(9-13-25)21-4-6-24(7-5-21)29-27(20(2)36-40-29)18-32(34,35)19-28(37)23-10-14-26(33)15-11-23/h4-15,28,37H,3,16-19H2,1-2H3. The van der Waals surface area contributed by atoms with E-state index in [0.717, 1.165) is 41.7 Å². The number of hydrogen-bond donors (Lipinski definition) is 1.